The van der Waals surface area contributed by atoms with Crippen molar-refractivity contribution in [3.63, 3.8) is 0 Å². The minimum absolute atomic E-state index is 0.132. The van der Waals surface area contributed by atoms with Crippen LogP contribution >= 0.6 is 0 Å². The summed E-state index contributed by atoms with van der Waals surface area (Å²) in [4.78, 5) is 11.0. The number of hydrogen-bond donors (Lipinski definition) is 0. The van der Waals surface area contributed by atoms with Gasteiger partial charge in [0.2, 0.25) is 0 Å². The molecule has 15 heavy (non-hydrogen) atoms. The van der Waals surface area contributed by atoms with Crippen LogP contribution in [0, 0.1) is 0 Å². The predicted octanol–water partition coefficient (Wildman–Crippen LogP) is 1.97. The minimum atomic E-state index is 0.132. The second kappa shape index (κ2) is 5.51. The van der Waals surface area contributed by atoms with E-state index in [-0.39, 0.29) is 5.78 Å². The SMILES string of the molecule is COCc1ccc(CC(C)=O)c(OC)c1. The van der Waals surface area contributed by atoms with Crippen LogP contribution in [-0.4, -0.2) is 20.0 Å². The van der Waals surface area contributed by atoms with E-state index in [1.165, 1.54) is 0 Å². The van der Waals surface area contributed by atoms with E-state index in [0.717, 1.165) is 16.9 Å². The van der Waals surface area contributed by atoms with Crippen LogP contribution in [-0.2, 0) is 22.6 Å². The Morgan fingerprint density at radius 1 is 1.33 bits per heavy atom. The fraction of sp³-hybridized carbons (Fsp3) is 0.417. The number of ketones is 1. The Hall–Kier alpha value is -1.35. The van der Waals surface area contributed by atoms with E-state index in [2.05, 4.69) is 0 Å². The molecule has 0 saturated heterocycles. The van der Waals surface area contributed by atoms with Crippen molar-refractivity contribution in [2.45, 2.75) is 20.0 Å². The molecular formula is C12H16O3. The molecule has 0 heterocycles. The van der Waals surface area contributed by atoms with Gasteiger partial charge in [0.15, 0.2) is 0 Å². The number of benzene rings is 1. The topological polar surface area (TPSA) is 35.5 Å². The minimum Gasteiger partial charge on any atom is -0.496 e. The van der Waals surface area contributed by atoms with Gasteiger partial charge in [0.05, 0.1) is 13.7 Å². The van der Waals surface area contributed by atoms with Gasteiger partial charge in [-0.2, -0.15) is 0 Å². The highest BCUT2D eigenvalue weighted by Gasteiger charge is 2.06. The second-order valence-corrected chi connectivity index (χ2v) is 3.46. The van der Waals surface area contributed by atoms with Crippen LogP contribution < -0.4 is 4.74 Å². The Balaban J connectivity index is 2.92. The second-order valence-electron chi connectivity index (χ2n) is 3.46. The fourth-order valence-electron chi connectivity index (χ4n) is 1.46. The maximum atomic E-state index is 11.0. The molecule has 0 aliphatic heterocycles. The van der Waals surface area contributed by atoms with Gasteiger partial charge in [-0.1, -0.05) is 12.1 Å². The molecule has 0 aromatic heterocycles. The van der Waals surface area contributed by atoms with Crippen molar-refractivity contribution in [3.8, 4) is 5.75 Å². The third-order valence-electron chi connectivity index (χ3n) is 2.10. The molecule has 0 bridgehead atoms. The molecular weight excluding hydrogens is 192 g/mol. The maximum absolute atomic E-state index is 11.0. The Morgan fingerprint density at radius 2 is 2.07 bits per heavy atom. The monoisotopic (exact) mass is 208 g/mol. The molecule has 0 aliphatic carbocycles. The van der Waals surface area contributed by atoms with Crippen LogP contribution in [0.4, 0.5) is 0 Å². The van der Waals surface area contributed by atoms with Crippen LogP contribution in [0.3, 0.4) is 0 Å². The predicted molar refractivity (Wildman–Crippen MR) is 58.1 cm³/mol. The van der Waals surface area contributed by atoms with E-state index in [0.29, 0.717) is 13.0 Å². The van der Waals surface area contributed by atoms with E-state index >= 15 is 0 Å². The Kier molecular flexibility index (Phi) is 4.31. The smallest absolute Gasteiger partial charge is 0.134 e. The lowest BCUT2D eigenvalue weighted by molar-refractivity contribution is -0.116. The first-order chi connectivity index (χ1) is 7.17. The molecule has 0 spiro atoms. The average Bonchev–Trinajstić information content (AvgIpc) is 2.20. The summed E-state index contributed by atoms with van der Waals surface area (Å²) >= 11 is 0. The highest BCUT2D eigenvalue weighted by Crippen LogP contribution is 2.21. The summed E-state index contributed by atoms with van der Waals surface area (Å²) in [5, 5.41) is 0. The Labute approximate surface area is 90.0 Å². The Bertz CT molecular complexity index is 345. The molecule has 0 atom stereocenters. The van der Waals surface area contributed by atoms with E-state index in [1.807, 2.05) is 18.2 Å². The molecule has 82 valence electrons. The zero-order valence-electron chi connectivity index (χ0n) is 9.37. The van der Waals surface area contributed by atoms with Crippen molar-refractivity contribution < 1.29 is 14.3 Å². The first kappa shape index (κ1) is 11.7. The first-order valence-corrected chi connectivity index (χ1v) is 4.81. The van der Waals surface area contributed by atoms with Crippen molar-refractivity contribution in [2.24, 2.45) is 0 Å². The molecule has 1 aromatic carbocycles. The van der Waals surface area contributed by atoms with Crippen LogP contribution in [0.1, 0.15) is 18.1 Å². The van der Waals surface area contributed by atoms with Gasteiger partial charge in [-0.25, -0.2) is 0 Å². The zero-order chi connectivity index (χ0) is 11.3. The van der Waals surface area contributed by atoms with Crippen LogP contribution in [0.2, 0.25) is 0 Å². The number of carbonyl (C=O) groups excluding carboxylic acids is 1. The molecule has 0 N–H and O–H groups in total. The van der Waals surface area contributed by atoms with E-state index in [4.69, 9.17) is 9.47 Å². The highest BCUT2D eigenvalue weighted by atomic mass is 16.5. The van der Waals surface area contributed by atoms with Crippen molar-refractivity contribution in [1.29, 1.82) is 0 Å². The summed E-state index contributed by atoms with van der Waals surface area (Å²) < 4.78 is 10.3. The number of hydrogen-bond acceptors (Lipinski definition) is 3. The lowest BCUT2D eigenvalue weighted by atomic mass is 10.1. The summed E-state index contributed by atoms with van der Waals surface area (Å²) in [7, 11) is 3.26. The third kappa shape index (κ3) is 3.36. The summed E-state index contributed by atoms with van der Waals surface area (Å²) in [6.07, 6.45) is 0.413. The average molecular weight is 208 g/mol. The van der Waals surface area contributed by atoms with Gasteiger partial charge in [0.1, 0.15) is 11.5 Å². The number of carbonyl (C=O) groups is 1. The molecule has 0 saturated carbocycles. The standard InChI is InChI=1S/C12H16O3/c1-9(13)6-11-5-4-10(8-14-2)7-12(11)15-3/h4-5,7H,6,8H2,1-3H3. The van der Waals surface area contributed by atoms with Crippen molar-refractivity contribution in [1.82, 2.24) is 0 Å². The van der Waals surface area contributed by atoms with E-state index in [9.17, 15) is 4.79 Å². The summed E-state index contributed by atoms with van der Waals surface area (Å²) in [5.41, 5.74) is 1.96. The van der Waals surface area contributed by atoms with Crippen LogP contribution in [0.5, 0.6) is 5.75 Å². The van der Waals surface area contributed by atoms with Gasteiger partial charge >= 0.3 is 0 Å². The largest absolute Gasteiger partial charge is 0.496 e. The van der Waals surface area contributed by atoms with E-state index in [1.54, 1.807) is 21.1 Å². The van der Waals surface area contributed by atoms with E-state index < -0.39 is 0 Å². The lowest BCUT2D eigenvalue weighted by Gasteiger charge is -2.09. The molecule has 0 amide bonds. The van der Waals surface area contributed by atoms with Crippen LogP contribution in [0.15, 0.2) is 18.2 Å². The van der Waals surface area contributed by atoms with Crippen molar-refractivity contribution in [3.05, 3.63) is 29.3 Å². The molecule has 0 fully saturated rings. The van der Waals surface area contributed by atoms with Gasteiger partial charge in [0.25, 0.3) is 0 Å². The molecule has 3 nitrogen and oxygen atoms in total. The summed E-state index contributed by atoms with van der Waals surface area (Å²) in [5.74, 6) is 0.882. The third-order valence-corrected chi connectivity index (χ3v) is 2.10. The fourth-order valence-corrected chi connectivity index (χ4v) is 1.46. The molecule has 0 unspecified atom stereocenters. The normalized spacial score (nSPS) is 10.1. The quantitative estimate of drug-likeness (QED) is 0.742. The molecule has 0 aliphatic rings. The molecule has 1 aromatic rings. The van der Waals surface area contributed by atoms with Gasteiger partial charge < -0.3 is 9.47 Å². The maximum Gasteiger partial charge on any atom is 0.134 e. The van der Waals surface area contributed by atoms with Crippen molar-refractivity contribution >= 4 is 5.78 Å². The number of methoxy groups -OCH3 is 2. The summed E-state index contributed by atoms with van der Waals surface area (Å²) in [6.45, 7) is 2.12. The number of rotatable bonds is 5. The highest BCUT2D eigenvalue weighted by molar-refractivity contribution is 5.79. The van der Waals surface area contributed by atoms with Gasteiger partial charge in [0, 0.05) is 19.1 Å². The lowest BCUT2D eigenvalue weighted by Crippen LogP contribution is -2.00. The number of Topliss-reactive ketones (excluding diaryl/α,β-unsaturated/α-hetero) is 1. The molecule has 0 radical (unpaired) electrons. The summed E-state index contributed by atoms with van der Waals surface area (Å²) in [6, 6.07) is 5.76. The number of ether oxygens (including phenoxy) is 2. The zero-order valence-corrected chi connectivity index (χ0v) is 9.37. The molecule has 3 heteroatoms. The Morgan fingerprint density at radius 3 is 2.60 bits per heavy atom. The first-order valence-electron chi connectivity index (χ1n) is 4.81. The molecule has 1 rings (SSSR count). The van der Waals surface area contributed by atoms with Gasteiger partial charge in [-0.3, -0.25) is 4.79 Å². The van der Waals surface area contributed by atoms with Gasteiger partial charge in [-0.05, 0) is 18.6 Å². The van der Waals surface area contributed by atoms with Crippen LogP contribution in [0.25, 0.3) is 0 Å². The van der Waals surface area contributed by atoms with Crippen molar-refractivity contribution in [2.75, 3.05) is 14.2 Å². The van der Waals surface area contributed by atoms with Gasteiger partial charge in [-0.15, -0.1) is 0 Å².